The van der Waals surface area contributed by atoms with E-state index in [4.69, 9.17) is 33.7 Å². The molecule has 2 heterocycles. The van der Waals surface area contributed by atoms with E-state index >= 15 is 0 Å². The molecule has 1 aliphatic rings. The summed E-state index contributed by atoms with van der Waals surface area (Å²) >= 11 is 11.7. The molecule has 108 valence electrons. The second kappa shape index (κ2) is 5.59. The molecule has 1 aliphatic heterocycles. The van der Waals surface area contributed by atoms with Crippen molar-refractivity contribution in [3.05, 3.63) is 26.2 Å². The number of ether oxygens (including phenoxy) is 1. The number of thiol groups is 1. The van der Waals surface area contributed by atoms with Gasteiger partial charge >= 0.3 is 5.97 Å². The molecule has 0 amide bonds. The number of anilines is 1. The van der Waals surface area contributed by atoms with Crippen molar-refractivity contribution in [3.63, 3.8) is 0 Å². The van der Waals surface area contributed by atoms with Gasteiger partial charge in [-0.2, -0.15) is 4.98 Å². The van der Waals surface area contributed by atoms with Crippen LogP contribution in [0.2, 0.25) is 5.02 Å². The van der Waals surface area contributed by atoms with Crippen LogP contribution in [-0.2, 0) is 4.79 Å². The number of esters is 1. The van der Waals surface area contributed by atoms with Crippen LogP contribution in [0.25, 0.3) is 0 Å². The maximum absolute atomic E-state index is 14.1. The predicted molar refractivity (Wildman–Crippen MR) is 77.8 cm³/mol. The molecule has 0 radical (unpaired) electrons. The van der Waals surface area contributed by atoms with E-state index in [0.29, 0.717) is 10.6 Å². The Labute approximate surface area is 127 Å². The van der Waals surface area contributed by atoms with Crippen molar-refractivity contribution < 1.29 is 13.9 Å². The van der Waals surface area contributed by atoms with Crippen LogP contribution in [0.1, 0.15) is 13.8 Å². The summed E-state index contributed by atoms with van der Waals surface area (Å²) in [7, 11) is -1.58. The van der Waals surface area contributed by atoms with Gasteiger partial charge in [-0.25, -0.2) is 9.37 Å². The molecule has 0 saturated heterocycles. The van der Waals surface area contributed by atoms with Crippen LogP contribution in [0.15, 0.2) is 26.3 Å². The molecule has 1 unspecified atom stereocenters. The second-order valence-corrected chi connectivity index (χ2v) is 6.46. The molecule has 1 atom stereocenters. The van der Waals surface area contributed by atoms with E-state index in [1.54, 1.807) is 6.92 Å². The van der Waals surface area contributed by atoms with Gasteiger partial charge in [0.25, 0.3) is 0 Å². The van der Waals surface area contributed by atoms with Gasteiger partial charge in [-0.15, -0.1) is 10.9 Å². The Morgan fingerprint density at radius 2 is 2.10 bits per heavy atom. The third-order valence-electron chi connectivity index (χ3n) is 2.41. The molecule has 0 aromatic carbocycles. The molecular weight excluding hydrogens is 328 g/mol. The number of nitrogen functional groups attached to an aromatic ring is 1. The molecule has 20 heavy (non-hydrogen) atoms. The van der Waals surface area contributed by atoms with Crippen LogP contribution < -0.4 is 10.5 Å². The number of nitrogens with two attached hydrogens (primary N) is 1. The number of aromatic nitrogens is 2. The van der Waals surface area contributed by atoms with E-state index < -0.39 is 22.0 Å². The van der Waals surface area contributed by atoms with Crippen molar-refractivity contribution in [3.8, 4) is 5.88 Å². The maximum atomic E-state index is 14.1. The molecule has 0 saturated carbocycles. The molecule has 1 aromatic rings. The monoisotopic (exact) mass is 337 g/mol. The second-order valence-electron chi connectivity index (χ2n) is 3.88. The number of carbonyl (C=O) groups is 1. The molecule has 2 N–H and O–H groups in total. The Balaban J connectivity index is 2.49. The van der Waals surface area contributed by atoms with Crippen molar-refractivity contribution in [1.29, 1.82) is 0 Å². The maximum Gasteiger partial charge on any atom is 0.309 e. The number of carbonyl (C=O) groups excluding carboxylic acids is 1. The lowest BCUT2D eigenvalue weighted by Gasteiger charge is -2.13. The smallest absolute Gasteiger partial charge is 0.309 e. The Bertz CT molecular complexity index is 663. The van der Waals surface area contributed by atoms with Gasteiger partial charge in [0, 0.05) is 12.5 Å². The van der Waals surface area contributed by atoms with Crippen LogP contribution in [-0.4, -0.2) is 15.9 Å². The van der Waals surface area contributed by atoms with Gasteiger partial charge in [-0.1, -0.05) is 23.2 Å². The highest BCUT2D eigenvalue weighted by molar-refractivity contribution is 8.22. The summed E-state index contributed by atoms with van der Waals surface area (Å²) in [5.41, 5.74) is 5.96. The minimum Gasteiger partial charge on any atom is -0.406 e. The van der Waals surface area contributed by atoms with Crippen molar-refractivity contribution in [1.82, 2.24) is 9.97 Å². The van der Waals surface area contributed by atoms with Crippen LogP contribution >= 0.6 is 34.1 Å². The van der Waals surface area contributed by atoms with Gasteiger partial charge in [-0.3, -0.25) is 4.79 Å². The van der Waals surface area contributed by atoms with E-state index in [2.05, 4.69) is 9.97 Å². The molecular formula is C11H10Cl2FN3O2S. The van der Waals surface area contributed by atoms with Crippen LogP contribution in [0.5, 0.6) is 5.88 Å². The first-order chi connectivity index (χ1) is 9.31. The van der Waals surface area contributed by atoms with Crippen molar-refractivity contribution in [2.45, 2.75) is 19.0 Å². The fraction of sp³-hybridized carbons (Fsp3) is 0.182. The number of allylic oxidation sites excluding steroid dienone is 2. The highest BCUT2D eigenvalue weighted by atomic mass is 35.5. The third-order valence-corrected chi connectivity index (χ3v) is 5.22. The number of hydrogen-bond acceptors (Lipinski definition) is 5. The summed E-state index contributed by atoms with van der Waals surface area (Å²) in [5, 5.41) is 1.40. The van der Waals surface area contributed by atoms with E-state index in [0.717, 1.165) is 0 Å². The Kier molecular flexibility index (Phi) is 4.22. The van der Waals surface area contributed by atoms with Gasteiger partial charge in [0.05, 0.1) is 5.03 Å². The average molecular weight is 338 g/mol. The minimum atomic E-state index is -1.58. The molecule has 0 aliphatic carbocycles. The molecule has 0 spiro atoms. The van der Waals surface area contributed by atoms with Gasteiger partial charge in [0.15, 0.2) is 16.1 Å². The highest BCUT2D eigenvalue weighted by Crippen LogP contribution is 2.54. The summed E-state index contributed by atoms with van der Waals surface area (Å²) < 4.78 is 18.9. The number of hydrogen-bond donors (Lipinski definition) is 2. The number of halogens is 3. The summed E-state index contributed by atoms with van der Waals surface area (Å²) in [4.78, 5) is 18.9. The minimum absolute atomic E-state index is 0.0858. The fourth-order valence-corrected chi connectivity index (χ4v) is 3.72. The summed E-state index contributed by atoms with van der Waals surface area (Å²) in [6.07, 6.45) is 0. The topological polar surface area (TPSA) is 78.1 Å². The lowest BCUT2D eigenvalue weighted by Crippen LogP contribution is -2.07. The summed E-state index contributed by atoms with van der Waals surface area (Å²) in [6.45, 7) is 2.75. The molecule has 0 bridgehead atoms. The lowest BCUT2D eigenvalue weighted by molar-refractivity contribution is -0.132. The number of rotatable bonds is 2. The first-order valence-corrected chi connectivity index (χ1v) is 7.52. The zero-order chi connectivity index (χ0) is 15.0. The quantitative estimate of drug-likeness (QED) is 0.491. The zero-order valence-corrected chi connectivity index (χ0v) is 12.9. The Morgan fingerprint density at radius 1 is 1.45 bits per heavy atom. The fourth-order valence-electron chi connectivity index (χ4n) is 1.43. The molecule has 5 nitrogen and oxygen atoms in total. The Morgan fingerprint density at radius 3 is 2.60 bits per heavy atom. The van der Waals surface area contributed by atoms with Gasteiger partial charge in [0.2, 0.25) is 5.88 Å². The van der Waals surface area contributed by atoms with Crippen LogP contribution in [0.4, 0.5) is 10.2 Å². The van der Waals surface area contributed by atoms with E-state index in [1.807, 2.05) is 0 Å². The highest BCUT2D eigenvalue weighted by Gasteiger charge is 2.26. The van der Waals surface area contributed by atoms with Gasteiger partial charge < -0.3 is 10.5 Å². The van der Waals surface area contributed by atoms with E-state index in [9.17, 15) is 9.18 Å². The zero-order valence-electron chi connectivity index (χ0n) is 10.4. The molecule has 0 fully saturated rings. The first kappa shape index (κ1) is 15.1. The van der Waals surface area contributed by atoms with Gasteiger partial charge in [0.1, 0.15) is 5.02 Å². The van der Waals surface area contributed by atoms with Crippen LogP contribution in [0, 0.1) is 0 Å². The van der Waals surface area contributed by atoms with Crippen molar-refractivity contribution in [2.75, 3.05) is 5.73 Å². The van der Waals surface area contributed by atoms with E-state index in [1.165, 1.54) is 12.3 Å². The van der Waals surface area contributed by atoms with Crippen molar-refractivity contribution in [2.24, 2.45) is 0 Å². The van der Waals surface area contributed by atoms with E-state index in [-0.39, 0.29) is 21.9 Å². The van der Waals surface area contributed by atoms with Gasteiger partial charge in [-0.05, 0) is 12.3 Å². The predicted octanol–water partition coefficient (Wildman–Crippen LogP) is 3.29. The average Bonchev–Trinajstić information content (AvgIpc) is 2.62. The third kappa shape index (κ3) is 2.74. The summed E-state index contributed by atoms with van der Waals surface area (Å²) in [6, 6.07) is 0. The SMILES string of the molecule is CC(=O)Oc1nc([SH]2C=C(Cl)C(C)=C2F)nc(N)c1Cl. The first-order valence-electron chi connectivity index (χ1n) is 5.36. The Hall–Kier alpha value is -1.31. The molecule has 9 heteroatoms. The molecule has 2 rings (SSSR count). The standard InChI is InChI=1S/C11H10Cl2FN3O2S/c1-4-6(12)3-20(8(4)14)11-16-9(15)7(13)10(17-11)19-5(2)18/h3,20H,1-2H3,(H2,15,16,17). The van der Waals surface area contributed by atoms with Crippen molar-refractivity contribution >= 4 is 45.9 Å². The lowest BCUT2D eigenvalue weighted by atomic mass is 10.3. The molecule has 1 aromatic heterocycles. The summed E-state index contributed by atoms with van der Waals surface area (Å²) in [5.74, 6) is -0.890. The largest absolute Gasteiger partial charge is 0.406 e. The number of nitrogens with zero attached hydrogens (tertiary/aromatic N) is 2. The van der Waals surface area contributed by atoms with Crippen LogP contribution in [0.3, 0.4) is 0 Å². The normalized spacial score (nSPS) is 20.1.